The molecule has 0 unspecified atom stereocenters. The van der Waals surface area contributed by atoms with Gasteiger partial charge in [-0.1, -0.05) is 0 Å². The van der Waals surface area contributed by atoms with Gasteiger partial charge in [0, 0.05) is 13.1 Å². The van der Waals surface area contributed by atoms with Crippen molar-refractivity contribution in [1.29, 1.82) is 0 Å². The van der Waals surface area contributed by atoms with Crippen molar-refractivity contribution < 1.29 is 19.1 Å². The fourth-order valence-electron chi connectivity index (χ4n) is 0.884. The maximum absolute atomic E-state index is 11.2. The van der Waals surface area contributed by atoms with E-state index in [0.717, 1.165) is 0 Å². The first-order chi connectivity index (χ1) is 7.04. The first-order valence-electron chi connectivity index (χ1n) is 3.97. The van der Waals surface area contributed by atoms with Crippen molar-refractivity contribution in [3.05, 3.63) is 21.5 Å². The highest BCUT2D eigenvalue weighted by Gasteiger charge is 2.11. The van der Waals surface area contributed by atoms with Crippen LogP contribution in [0, 0.1) is 3.70 Å². The van der Waals surface area contributed by atoms with Crippen molar-refractivity contribution in [3.63, 3.8) is 0 Å². The minimum atomic E-state index is -0.521. The van der Waals surface area contributed by atoms with Gasteiger partial charge in [-0.2, -0.15) is 0 Å². The summed E-state index contributed by atoms with van der Waals surface area (Å²) in [6.45, 7) is 1.28. The van der Waals surface area contributed by atoms with Crippen molar-refractivity contribution >= 4 is 34.5 Å². The third kappa shape index (κ3) is 3.15. The monoisotopic (exact) mass is 321 g/mol. The Morgan fingerprint density at radius 3 is 2.67 bits per heavy atom. The van der Waals surface area contributed by atoms with E-state index in [1.54, 1.807) is 0 Å². The Bertz CT molecular complexity index is 405. The minimum absolute atomic E-state index is 0.245. The van der Waals surface area contributed by atoms with Crippen LogP contribution in [-0.2, 0) is 9.53 Å². The number of carbonyl (C=O) groups is 2. The molecule has 0 aliphatic carbocycles. The van der Waals surface area contributed by atoms with E-state index < -0.39 is 11.9 Å². The summed E-state index contributed by atoms with van der Waals surface area (Å²) in [6.07, 6.45) is 1.36. The number of rotatable bonds is 2. The molecule has 0 fully saturated rings. The van der Waals surface area contributed by atoms with E-state index in [-0.39, 0.29) is 11.3 Å². The number of hydrogen-bond acceptors (Lipinski definition) is 5. The summed E-state index contributed by atoms with van der Waals surface area (Å²) in [6, 6.07) is 1.42. The smallest absolute Gasteiger partial charge is 0.339 e. The summed E-state index contributed by atoms with van der Waals surface area (Å²) >= 11 is 1.91. The molecule has 0 bridgehead atoms. The average Bonchev–Trinajstić information content (AvgIpc) is 2.19. The van der Waals surface area contributed by atoms with Gasteiger partial charge >= 0.3 is 11.9 Å². The van der Waals surface area contributed by atoms with Crippen LogP contribution in [0.3, 0.4) is 0 Å². The van der Waals surface area contributed by atoms with Crippen LogP contribution < -0.4 is 4.74 Å². The third-order valence-corrected chi connectivity index (χ3v) is 2.29. The molecule has 5 nitrogen and oxygen atoms in total. The standard InChI is InChI=1S/C9H8INO4/c1-5(12)15-7-3-6(9(13)14-2)4-11-8(7)10/h3-4H,1-2H3. The molecule has 0 amide bonds. The first-order valence-corrected chi connectivity index (χ1v) is 5.04. The molecule has 0 aliphatic rings. The summed E-state index contributed by atoms with van der Waals surface area (Å²) in [5.41, 5.74) is 0.245. The Morgan fingerprint density at radius 2 is 2.13 bits per heavy atom. The number of carbonyl (C=O) groups excluding carboxylic acids is 2. The lowest BCUT2D eigenvalue weighted by Gasteiger charge is -2.05. The number of esters is 2. The lowest BCUT2D eigenvalue weighted by atomic mass is 10.3. The molecule has 0 saturated heterocycles. The third-order valence-electron chi connectivity index (χ3n) is 1.48. The number of ether oxygens (including phenoxy) is 2. The normalized spacial score (nSPS) is 9.53. The second kappa shape index (κ2) is 5.06. The van der Waals surface area contributed by atoms with E-state index in [0.29, 0.717) is 3.70 Å². The van der Waals surface area contributed by atoms with E-state index in [1.807, 2.05) is 22.6 Å². The topological polar surface area (TPSA) is 65.5 Å². The maximum Gasteiger partial charge on any atom is 0.339 e. The van der Waals surface area contributed by atoms with Crippen LogP contribution in [0.15, 0.2) is 12.3 Å². The van der Waals surface area contributed by atoms with Crippen molar-refractivity contribution in [2.24, 2.45) is 0 Å². The van der Waals surface area contributed by atoms with Crippen LogP contribution in [0.2, 0.25) is 0 Å². The predicted molar refractivity (Wildman–Crippen MR) is 59.6 cm³/mol. The minimum Gasteiger partial charge on any atom is -0.465 e. The molecule has 80 valence electrons. The second-order valence-corrected chi connectivity index (χ2v) is 3.62. The molecule has 0 atom stereocenters. The first kappa shape index (κ1) is 11.9. The SMILES string of the molecule is COC(=O)c1cnc(I)c(OC(C)=O)c1. The summed E-state index contributed by atoms with van der Waals surface area (Å²) in [4.78, 5) is 25.8. The van der Waals surface area contributed by atoms with Crippen molar-refractivity contribution in [2.45, 2.75) is 6.92 Å². The zero-order chi connectivity index (χ0) is 11.4. The Hall–Kier alpha value is -1.18. The number of nitrogens with zero attached hydrogens (tertiary/aromatic N) is 1. The summed E-state index contributed by atoms with van der Waals surface area (Å²) in [7, 11) is 1.27. The largest absolute Gasteiger partial charge is 0.465 e. The summed E-state index contributed by atoms with van der Waals surface area (Å²) < 4.78 is 9.89. The molecule has 0 spiro atoms. The van der Waals surface area contributed by atoms with Crippen molar-refractivity contribution in [1.82, 2.24) is 4.98 Å². The Kier molecular flexibility index (Phi) is 4.01. The molecule has 0 aliphatic heterocycles. The van der Waals surface area contributed by atoms with E-state index in [1.165, 1.54) is 26.3 Å². The number of pyridine rings is 1. The lowest BCUT2D eigenvalue weighted by Crippen LogP contribution is -2.07. The molecule has 0 saturated carbocycles. The number of methoxy groups -OCH3 is 1. The molecule has 1 heterocycles. The molecule has 15 heavy (non-hydrogen) atoms. The maximum atomic E-state index is 11.2. The fourth-order valence-corrected chi connectivity index (χ4v) is 1.29. The van der Waals surface area contributed by atoms with Crippen LogP contribution in [0.4, 0.5) is 0 Å². The molecule has 1 rings (SSSR count). The average molecular weight is 321 g/mol. The summed E-state index contributed by atoms with van der Waals surface area (Å²) in [5.74, 6) is -0.727. The molecule has 0 N–H and O–H groups in total. The lowest BCUT2D eigenvalue weighted by molar-refractivity contribution is -0.131. The van der Waals surface area contributed by atoms with Gasteiger partial charge in [0.1, 0.15) is 3.70 Å². The van der Waals surface area contributed by atoms with Gasteiger partial charge in [-0.15, -0.1) is 0 Å². The summed E-state index contributed by atoms with van der Waals surface area (Å²) in [5, 5.41) is 0. The Labute approximate surface area is 99.9 Å². The van der Waals surface area contributed by atoms with Gasteiger partial charge in [-0.25, -0.2) is 9.78 Å². The highest BCUT2D eigenvalue weighted by atomic mass is 127. The van der Waals surface area contributed by atoms with E-state index >= 15 is 0 Å². The van der Waals surface area contributed by atoms with Gasteiger partial charge in [0.25, 0.3) is 0 Å². The van der Waals surface area contributed by atoms with Crippen LogP contribution in [-0.4, -0.2) is 24.0 Å². The van der Waals surface area contributed by atoms with Gasteiger partial charge in [-0.05, 0) is 28.7 Å². The van der Waals surface area contributed by atoms with Gasteiger partial charge < -0.3 is 9.47 Å². The van der Waals surface area contributed by atoms with Gasteiger partial charge in [-0.3, -0.25) is 4.79 Å². The van der Waals surface area contributed by atoms with E-state index in [4.69, 9.17) is 4.74 Å². The number of aromatic nitrogens is 1. The predicted octanol–water partition coefficient (Wildman–Crippen LogP) is 1.40. The molecule has 1 aromatic rings. The molecular formula is C9H8INO4. The van der Waals surface area contributed by atoms with Gasteiger partial charge in [0.2, 0.25) is 0 Å². The molecule has 1 aromatic heterocycles. The molecule has 6 heteroatoms. The molecule has 0 aromatic carbocycles. The van der Waals surface area contributed by atoms with Crippen LogP contribution >= 0.6 is 22.6 Å². The molecule has 0 radical (unpaired) electrons. The molecular weight excluding hydrogens is 313 g/mol. The van der Waals surface area contributed by atoms with Crippen LogP contribution in [0.25, 0.3) is 0 Å². The van der Waals surface area contributed by atoms with Crippen LogP contribution in [0.5, 0.6) is 5.75 Å². The van der Waals surface area contributed by atoms with Gasteiger partial charge in [0.15, 0.2) is 5.75 Å². The highest BCUT2D eigenvalue weighted by molar-refractivity contribution is 14.1. The van der Waals surface area contributed by atoms with E-state index in [2.05, 4.69) is 9.72 Å². The fraction of sp³-hybridized carbons (Fsp3) is 0.222. The van der Waals surface area contributed by atoms with E-state index in [9.17, 15) is 9.59 Å². The Morgan fingerprint density at radius 1 is 1.47 bits per heavy atom. The van der Waals surface area contributed by atoms with Gasteiger partial charge in [0.05, 0.1) is 12.7 Å². The highest BCUT2D eigenvalue weighted by Crippen LogP contribution is 2.20. The number of halogens is 1. The van der Waals surface area contributed by atoms with Crippen molar-refractivity contribution in [3.8, 4) is 5.75 Å². The zero-order valence-electron chi connectivity index (χ0n) is 8.11. The Balaban J connectivity index is 3.05. The van der Waals surface area contributed by atoms with Crippen LogP contribution in [0.1, 0.15) is 17.3 Å². The second-order valence-electron chi connectivity index (χ2n) is 2.60. The zero-order valence-corrected chi connectivity index (χ0v) is 10.3. The van der Waals surface area contributed by atoms with Crippen molar-refractivity contribution in [2.75, 3.05) is 7.11 Å². The number of hydrogen-bond donors (Lipinski definition) is 0. The quantitative estimate of drug-likeness (QED) is 0.468.